The van der Waals surface area contributed by atoms with E-state index in [4.69, 9.17) is 14.6 Å². The molecular formula is C18H18O4. The van der Waals surface area contributed by atoms with Gasteiger partial charge in [0.05, 0.1) is 19.3 Å². The number of carbonyl (C=O) groups is 1. The molecule has 4 nitrogen and oxygen atoms in total. The molecule has 0 spiro atoms. The van der Waals surface area contributed by atoms with Crippen molar-refractivity contribution in [1.82, 2.24) is 0 Å². The van der Waals surface area contributed by atoms with E-state index in [-0.39, 0.29) is 5.56 Å². The lowest BCUT2D eigenvalue weighted by atomic mass is 10.0. The van der Waals surface area contributed by atoms with E-state index in [9.17, 15) is 4.79 Å². The Morgan fingerprint density at radius 3 is 2.36 bits per heavy atom. The summed E-state index contributed by atoms with van der Waals surface area (Å²) in [4.78, 5) is 10.9. The first kappa shape index (κ1) is 14.4. The Kier molecular flexibility index (Phi) is 4.00. The average molecular weight is 298 g/mol. The molecule has 0 saturated heterocycles. The fourth-order valence-electron chi connectivity index (χ4n) is 2.27. The summed E-state index contributed by atoms with van der Waals surface area (Å²) in [6.45, 7) is 0.720. The summed E-state index contributed by atoms with van der Waals surface area (Å²) < 4.78 is 11.2. The van der Waals surface area contributed by atoms with Gasteiger partial charge in [-0.15, -0.1) is 0 Å². The highest BCUT2D eigenvalue weighted by molar-refractivity contribution is 5.88. The van der Waals surface area contributed by atoms with E-state index in [0.29, 0.717) is 11.7 Å². The summed E-state index contributed by atoms with van der Waals surface area (Å²) in [6, 6.07) is 12.6. The molecular weight excluding hydrogens is 280 g/mol. The first-order chi connectivity index (χ1) is 10.7. The molecule has 0 aromatic heterocycles. The van der Waals surface area contributed by atoms with E-state index in [0.717, 1.165) is 23.5 Å². The van der Waals surface area contributed by atoms with Gasteiger partial charge >= 0.3 is 5.97 Å². The molecule has 2 aromatic rings. The number of carboxylic acids is 1. The lowest BCUT2D eigenvalue weighted by molar-refractivity contribution is 0.0697. The minimum Gasteiger partial charge on any atom is -0.493 e. The summed E-state index contributed by atoms with van der Waals surface area (Å²) in [5.41, 5.74) is 2.20. The average Bonchev–Trinajstić information content (AvgIpc) is 3.37. The Morgan fingerprint density at radius 1 is 1.09 bits per heavy atom. The number of ether oxygens (including phenoxy) is 2. The van der Waals surface area contributed by atoms with Gasteiger partial charge in [0, 0.05) is 0 Å². The normalized spacial score (nSPS) is 13.7. The van der Waals surface area contributed by atoms with Gasteiger partial charge in [-0.2, -0.15) is 0 Å². The monoisotopic (exact) mass is 298 g/mol. The number of hydrogen-bond acceptors (Lipinski definition) is 3. The van der Waals surface area contributed by atoms with Crippen LogP contribution in [0, 0.1) is 5.92 Å². The molecule has 4 heteroatoms. The van der Waals surface area contributed by atoms with Crippen LogP contribution in [0.4, 0.5) is 0 Å². The van der Waals surface area contributed by atoms with Crippen molar-refractivity contribution >= 4 is 5.97 Å². The first-order valence-electron chi connectivity index (χ1n) is 7.32. The second kappa shape index (κ2) is 6.10. The first-order valence-corrected chi connectivity index (χ1v) is 7.32. The molecule has 0 radical (unpaired) electrons. The Labute approximate surface area is 129 Å². The van der Waals surface area contributed by atoms with Crippen molar-refractivity contribution in [3.8, 4) is 22.6 Å². The van der Waals surface area contributed by atoms with Crippen LogP contribution in [0.3, 0.4) is 0 Å². The minimum absolute atomic E-state index is 0.280. The van der Waals surface area contributed by atoms with Crippen LogP contribution in [0.5, 0.6) is 11.5 Å². The Balaban J connectivity index is 1.85. The molecule has 1 aliphatic rings. The van der Waals surface area contributed by atoms with Gasteiger partial charge < -0.3 is 14.6 Å². The highest BCUT2D eigenvalue weighted by Crippen LogP contribution is 2.35. The van der Waals surface area contributed by atoms with Crippen LogP contribution in [-0.4, -0.2) is 24.8 Å². The smallest absolute Gasteiger partial charge is 0.335 e. The third kappa shape index (κ3) is 3.22. The van der Waals surface area contributed by atoms with Gasteiger partial charge in [-0.1, -0.05) is 18.2 Å². The van der Waals surface area contributed by atoms with E-state index in [1.54, 1.807) is 31.4 Å². The predicted octanol–water partition coefficient (Wildman–Crippen LogP) is 3.85. The molecule has 1 fully saturated rings. The molecule has 0 heterocycles. The predicted molar refractivity (Wildman–Crippen MR) is 83.6 cm³/mol. The van der Waals surface area contributed by atoms with Crippen molar-refractivity contribution in [2.75, 3.05) is 13.7 Å². The Bertz CT molecular complexity index is 672. The van der Waals surface area contributed by atoms with Crippen molar-refractivity contribution in [3.63, 3.8) is 0 Å². The highest BCUT2D eigenvalue weighted by atomic mass is 16.5. The zero-order chi connectivity index (χ0) is 15.5. The maximum absolute atomic E-state index is 10.9. The number of benzene rings is 2. The third-order valence-electron chi connectivity index (χ3n) is 3.80. The van der Waals surface area contributed by atoms with Crippen molar-refractivity contribution in [1.29, 1.82) is 0 Å². The van der Waals surface area contributed by atoms with Crippen LogP contribution in [-0.2, 0) is 0 Å². The molecule has 22 heavy (non-hydrogen) atoms. The largest absolute Gasteiger partial charge is 0.493 e. The molecule has 0 unspecified atom stereocenters. The van der Waals surface area contributed by atoms with Crippen LogP contribution in [0.1, 0.15) is 23.2 Å². The molecule has 0 atom stereocenters. The molecule has 0 aliphatic heterocycles. The van der Waals surface area contributed by atoms with Crippen molar-refractivity contribution in [2.24, 2.45) is 5.92 Å². The lowest BCUT2D eigenvalue weighted by Gasteiger charge is -2.12. The summed E-state index contributed by atoms with van der Waals surface area (Å²) in [7, 11) is 1.63. The molecule has 114 valence electrons. The molecule has 1 saturated carbocycles. The van der Waals surface area contributed by atoms with Crippen LogP contribution in [0.2, 0.25) is 0 Å². The second-order valence-electron chi connectivity index (χ2n) is 5.50. The lowest BCUT2D eigenvalue weighted by Crippen LogP contribution is -2.01. The van der Waals surface area contributed by atoms with E-state index in [2.05, 4.69) is 0 Å². The number of aromatic carboxylic acids is 1. The molecule has 0 bridgehead atoms. The number of methoxy groups -OCH3 is 1. The molecule has 1 N–H and O–H groups in total. The van der Waals surface area contributed by atoms with Crippen LogP contribution in [0.15, 0.2) is 42.5 Å². The van der Waals surface area contributed by atoms with E-state index < -0.39 is 5.97 Å². The highest BCUT2D eigenvalue weighted by Gasteiger charge is 2.22. The Hall–Kier alpha value is -2.49. The summed E-state index contributed by atoms with van der Waals surface area (Å²) >= 11 is 0. The van der Waals surface area contributed by atoms with Crippen molar-refractivity contribution in [2.45, 2.75) is 12.8 Å². The van der Waals surface area contributed by atoms with Crippen molar-refractivity contribution in [3.05, 3.63) is 48.0 Å². The van der Waals surface area contributed by atoms with Crippen LogP contribution < -0.4 is 9.47 Å². The van der Waals surface area contributed by atoms with Gasteiger partial charge in [0.1, 0.15) is 0 Å². The maximum Gasteiger partial charge on any atom is 0.335 e. The zero-order valence-electron chi connectivity index (χ0n) is 12.4. The van der Waals surface area contributed by atoms with Gasteiger partial charge in [0.2, 0.25) is 0 Å². The number of rotatable bonds is 6. The second-order valence-corrected chi connectivity index (χ2v) is 5.50. The third-order valence-corrected chi connectivity index (χ3v) is 3.80. The fraction of sp³-hybridized carbons (Fsp3) is 0.278. The summed E-state index contributed by atoms with van der Waals surface area (Å²) in [5.74, 6) is 1.19. The van der Waals surface area contributed by atoms with Gasteiger partial charge in [-0.25, -0.2) is 4.79 Å². The van der Waals surface area contributed by atoms with Gasteiger partial charge in [-0.05, 0) is 54.2 Å². The SMILES string of the molecule is COc1ccc(-c2ccc(C(=O)O)cc2)cc1OCC1CC1. The van der Waals surface area contributed by atoms with Crippen LogP contribution >= 0.6 is 0 Å². The number of carboxylic acid groups (broad SMARTS) is 1. The van der Waals surface area contributed by atoms with Gasteiger partial charge in [0.25, 0.3) is 0 Å². The summed E-state index contributed by atoms with van der Waals surface area (Å²) in [5, 5.41) is 8.95. The van der Waals surface area contributed by atoms with Gasteiger partial charge in [-0.3, -0.25) is 0 Å². The summed E-state index contributed by atoms with van der Waals surface area (Å²) in [6.07, 6.45) is 2.47. The van der Waals surface area contributed by atoms with Crippen LogP contribution in [0.25, 0.3) is 11.1 Å². The zero-order valence-corrected chi connectivity index (χ0v) is 12.4. The van der Waals surface area contributed by atoms with E-state index in [1.165, 1.54) is 12.8 Å². The van der Waals surface area contributed by atoms with Crippen molar-refractivity contribution < 1.29 is 19.4 Å². The Morgan fingerprint density at radius 2 is 1.77 bits per heavy atom. The molecule has 0 amide bonds. The van der Waals surface area contributed by atoms with Gasteiger partial charge in [0.15, 0.2) is 11.5 Å². The molecule has 3 rings (SSSR count). The standard InChI is InChI=1S/C18H18O4/c1-21-16-9-8-15(10-17(16)22-11-12-2-3-12)13-4-6-14(7-5-13)18(19)20/h4-10,12H,2-3,11H2,1H3,(H,19,20). The number of hydrogen-bond donors (Lipinski definition) is 1. The topological polar surface area (TPSA) is 55.8 Å². The van der Waals surface area contributed by atoms with E-state index >= 15 is 0 Å². The quantitative estimate of drug-likeness (QED) is 0.880. The molecule has 1 aliphatic carbocycles. The maximum atomic E-state index is 10.9. The molecule has 2 aromatic carbocycles. The van der Waals surface area contributed by atoms with E-state index in [1.807, 2.05) is 18.2 Å². The fourth-order valence-corrected chi connectivity index (χ4v) is 2.27. The minimum atomic E-state index is -0.922.